The highest BCUT2D eigenvalue weighted by atomic mass is 32.2. The second-order valence-corrected chi connectivity index (χ2v) is 6.48. The average molecular weight is 359 g/mol. The number of hydrogen-bond acceptors (Lipinski definition) is 6. The average Bonchev–Trinajstić information content (AvgIpc) is 3.17. The molecule has 3 rings (SSSR count). The fourth-order valence-corrected chi connectivity index (χ4v) is 2.96. The van der Waals surface area contributed by atoms with Gasteiger partial charge in [0, 0.05) is 29.3 Å². The van der Waals surface area contributed by atoms with E-state index in [1.165, 1.54) is 4.90 Å². The molecule has 2 aromatic rings. The van der Waals surface area contributed by atoms with E-state index >= 15 is 0 Å². The van der Waals surface area contributed by atoms with Gasteiger partial charge in [-0.2, -0.15) is 0 Å². The van der Waals surface area contributed by atoms with Crippen molar-refractivity contribution in [3.8, 4) is 11.6 Å². The summed E-state index contributed by atoms with van der Waals surface area (Å²) in [5, 5.41) is 9.41. The quantitative estimate of drug-likeness (QED) is 0.356. The van der Waals surface area contributed by atoms with Crippen LogP contribution < -0.4 is 10.2 Å². The molecule has 1 aromatic heterocycles. The summed E-state index contributed by atoms with van der Waals surface area (Å²) in [7, 11) is 0. The standard InChI is InChI=1S/C18H21N3O3S/c1-25-16-6-4-14(5-7-16)24-17-11-13(8-9-19-17)18(21-22)20-12-15-3-2-10-23-15/h4-9,11,15,22H,2-3,10,12H2,1H3,(H,20,21). The number of ether oxygens (including phenoxy) is 2. The Morgan fingerprint density at radius 1 is 1.40 bits per heavy atom. The van der Waals surface area contributed by atoms with Crippen LogP contribution in [0.2, 0.25) is 0 Å². The van der Waals surface area contributed by atoms with E-state index in [1.54, 1.807) is 30.1 Å². The van der Waals surface area contributed by atoms with Crippen molar-refractivity contribution in [2.75, 3.05) is 19.4 Å². The third kappa shape index (κ3) is 4.94. The molecular weight excluding hydrogens is 338 g/mol. The molecule has 0 bridgehead atoms. The van der Waals surface area contributed by atoms with Gasteiger partial charge in [-0.1, -0.05) is 0 Å². The highest BCUT2D eigenvalue weighted by molar-refractivity contribution is 7.98. The smallest absolute Gasteiger partial charge is 0.219 e. The first-order valence-electron chi connectivity index (χ1n) is 8.13. The first-order chi connectivity index (χ1) is 12.3. The zero-order valence-corrected chi connectivity index (χ0v) is 14.8. The summed E-state index contributed by atoms with van der Waals surface area (Å²) < 4.78 is 11.3. The van der Waals surface area contributed by atoms with Crippen molar-refractivity contribution in [3.63, 3.8) is 0 Å². The molecule has 132 valence electrons. The molecule has 1 aliphatic rings. The Hall–Kier alpha value is -2.09. The van der Waals surface area contributed by atoms with Gasteiger partial charge in [0.1, 0.15) is 5.75 Å². The Balaban J connectivity index is 1.71. The van der Waals surface area contributed by atoms with Gasteiger partial charge in [-0.3, -0.25) is 15.7 Å². The zero-order chi connectivity index (χ0) is 17.5. The lowest BCUT2D eigenvalue weighted by Crippen LogP contribution is -2.23. The Kier molecular flexibility index (Phi) is 6.27. The molecule has 0 aliphatic carbocycles. The minimum Gasteiger partial charge on any atom is -0.439 e. The molecule has 7 heteroatoms. The topological polar surface area (TPSA) is 76.0 Å². The number of nitrogens with zero attached hydrogens (tertiary/aromatic N) is 2. The van der Waals surface area contributed by atoms with E-state index in [0.29, 0.717) is 29.6 Å². The van der Waals surface area contributed by atoms with Gasteiger partial charge in [-0.05, 0) is 49.4 Å². The van der Waals surface area contributed by atoms with Gasteiger partial charge in [0.15, 0.2) is 5.84 Å². The normalized spacial score (nSPS) is 17.5. The van der Waals surface area contributed by atoms with Gasteiger partial charge >= 0.3 is 0 Å². The van der Waals surface area contributed by atoms with Crippen LogP contribution in [0, 0.1) is 0 Å². The number of pyridine rings is 1. The molecule has 1 atom stereocenters. The molecule has 1 fully saturated rings. The molecule has 1 saturated heterocycles. The van der Waals surface area contributed by atoms with Crippen LogP contribution in [0.3, 0.4) is 0 Å². The lowest BCUT2D eigenvalue weighted by atomic mass is 10.2. The van der Waals surface area contributed by atoms with Crippen molar-refractivity contribution in [3.05, 3.63) is 48.2 Å². The van der Waals surface area contributed by atoms with E-state index in [-0.39, 0.29) is 6.10 Å². The van der Waals surface area contributed by atoms with Crippen LogP contribution in [-0.4, -0.2) is 41.5 Å². The summed E-state index contributed by atoms with van der Waals surface area (Å²) in [6.45, 7) is 1.29. The lowest BCUT2D eigenvalue weighted by Gasteiger charge is -2.10. The molecule has 0 saturated carbocycles. The van der Waals surface area contributed by atoms with Gasteiger partial charge in [-0.15, -0.1) is 11.8 Å². The number of amidine groups is 1. The van der Waals surface area contributed by atoms with Crippen molar-refractivity contribution < 1.29 is 14.7 Å². The third-order valence-electron chi connectivity index (χ3n) is 3.87. The molecule has 1 aliphatic heterocycles. The summed E-state index contributed by atoms with van der Waals surface area (Å²) in [6, 6.07) is 11.3. The second-order valence-electron chi connectivity index (χ2n) is 5.60. The predicted molar refractivity (Wildman–Crippen MR) is 97.8 cm³/mol. The SMILES string of the molecule is CSc1ccc(Oc2cc(C(=NCC3CCCO3)NO)ccn2)cc1. The number of benzene rings is 1. The fourth-order valence-electron chi connectivity index (χ4n) is 2.55. The zero-order valence-electron chi connectivity index (χ0n) is 14.0. The summed E-state index contributed by atoms with van der Waals surface area (Å²) >= 11 is 1.68. The summed E-state index contributed by atoms with van der Waals surface area (Å²) in [5.41, 5.74) is 2.86. The third-order valence-corrected chi connectivity index (χ3v) is 4.62. The molecule has 2 N–H and O–H groups in total. The van der Waals surface area contributed by atoms with Gasteiger partial charge in [0.2, 0.25) is 5.88 Å². The molecular formula is C18H21N3O3S. The van der Waals surface area contributed by atoms with Crippen LogP contribution in [0.5, 0.6) is 11.6 Å². The summed E-state index contributed by atoms with van der Waals surface area (Å²) in [6.07, 6.45) is 5.83. The van der Waals surface area contributed by atoms with Crippen LogP contribution in [0.1, 0.15) is 18.4 Å². The van der Waals surface area contributed by atoms with Crippen LogP contribution >= 0.6 is 11.8 Å². The fraction of sp³-hybridized carbons (Fsp3) is 0.333. The van der Waals surface area contributed by atoms with Crippen LogP contribution in [0.4, 0.5) is 0 Å². The minimum absolute atomic E-state index is 0.121. The van der Waals surface area contributed by atoms with Gasteiger partial charge in [-0.25, -0.2) is 4.98 Å². The van der Waals surface area contributed by atoms with Gasteiger partial charge in [0.05, 0.1) is 12.6 Å². The molecule has 0 amide bonds. The van der Waals surface area contributed by atoms with Crippen LogP contribution in [-0.2, 0) is 4.74 Å². The maximum absolute atomic E-state index is 9.41. The van der Waals surface area contributed by atoms with Crippen molar-refractivity contribution in [1.82, 2.24) is 10.5 Å². The number of aliphatic imine (C=N–C) groups is 1. The highest BCUT2D eigenvalue weighted by Gasteiger charge is 2.15. The molecule has 1 aromatic carbocycles. The maximum atomic E-state index is 9.41. The Labute approximate surface area is 151 Å². The predicted octanol–water partition coefficient (Wildman–Crippen LogP) is 3.50. The maximum Gasteiger partial charge on any atom is 0.219 e. The number of hydrogen-bond donors (Lipinski definition) is 2. The Morgan fingerprint density at radius 2 is 2.24 bits per heavy atom. The number of thioether (sulfide) groups is 1. The number of aromatic nitrogens is 1. The molecule has 0 radical (unpaired) electrons. The van der Waals surface area contributed by atoms with Crippen LogP contribution in [0.25, 0.3) is 0 Å². The molecule has 1 unspecified atom stereocenters. The van der Waals surface area contributed by atoms with Gasteiger partial charge < -0.3 is 9.47 Å². The second kappa shape index (κ2) is 8.84. The first kappa shape index (κ1) is 17.7. The Bertz CT molecular complexity index is 716. The van der Waals surface area contributed by atoms with Crippen molar-refractivity contribution >= 4 is 17.6 Å². The first-order valence-corrected chi connectivity index (χ1v) is 9.35. The van der Waals surface area contributed by atoms with E-state index < -0.39 is 0 Å². The van der Waals surface area contributed by atoms with Crippen LogP contribution in [0.15, 0.2) is 52.5 Å². The van der Waals surface area contributed by atoms with Crippen molar-refractivity contribution in [2.24, 2.45) is 4.99 Å². The summed E-state index contributed by atoms with van der Waals surface area (Å²) in [4.78, 5) is 9.79. The molecule has 25 heavy (non-hydrogen) atoms. The van der Waals surface area contributed by atoms with E-state index in [0.717, 1.165) is 19.4 Å². The Morgan fingerprint density at radius 3 is 2.92 bits per heavy atom. The van der Waals surface area contributed by atoms with E-state index in [2.05, 4.69) is 15.5 Å². The number of nitrogens with one attached hydrogen (secondary N) is 1. The van der Waals surface area contributed by atoms with E-state index in [1.807, 2.05) is 30.5 Å². The number of rotatable bonds is 6. The molecule has 0 spiro atoms. The van der Waals surface area contributed by atoms with Gasteiger partial charge in [0.25, 0.3) is 0 Å². The van der Waals surface area contributed by atoms with Crippen molar-refractivity contribution in [1.29, 1.82) is 0 Å². The largest absolute Gasteiger partial charge is 0.439 e. The summed E-state index contributed by atoms with van der Waals surface area (Å²) in [5.74, 6) is 1.52. The monoisotopic (exact) mass is 359 g/mol. The van der Waals surface area contributed by atoms with E-state index in [4.69, 9.17) is 9.47 Å². The molecule has 2 heterocycles. The minimum atomic E-state index is 0.121. The van der Waals surface area contributed by atoms with E-state index in [9.17, 15) is 5.21 Å². The number of hydroxylamine groups is 1. The van der Waals surface area contributed by atoms with Crippen molar-refractivity contribution in [2.45, 2.75) is 23.8 Å². The molecule has 6 nitrogen and oxygen atoms in total. The highest BCUT2D eigenvalue weighted by Crippen LogP contribution is 2.23. The lowest BCUT2D eigenvalue weighted by molar-refractivity contribution is 0.117.